The Labute approximate surface area is 94.3 Å². The quantitative estimate of drug-likeness (QED) is 0.405. The SMILES string of the molecule is NNC1CC(C(=O)N2CCC(C(N)=O)C2)C1. The summed E-state index contributed by atoms with van der Waals surface area (Å²) in [7, 11) is 0. The van der Waals surface area contributed by atoms with Crippen LogP contribution in [-0.2, 0) is 9.59 Å². The molecule has 0 aromatic carbocycles. The van der Waals surface area contributed by atoms with E-state index in [0.29, 0.717) is 19.5 Å². The maximum Gasteiger partial charge on any atom is 0.225 e. The van der Waals surface area contributed by atoms with E-state index in [1.165, 1.54) is 0 Å². The van der Waals surface area contributed by atoms with Gasteiger partial charge in [-0.05, 0) is 19.3 Å². The van der Waals surface area contributed by atoms with Gasteiger partial charge in [0.15, 0.2) is 0 Å². The van der Waals surface area contributed by atoms with Crippen molar-refractivity contribution in [1.82, 2.24) is 10.3 Å². The summed E-state index contributed by atoms with van der Waals surface area (Å²) >= 11 is 0. The van der Waals surface area contributed by atoms with E-state index in [-0.39, 0.29) is 29.7 Å². The lowest BCUT2D eigenvalue weighted by atomic mass is 9.80. The Kier molecular flexibility index (Phi) is 3.11. The van der Waals surface area contributed by atoms with Crippen molar-refractivity contribution < 1.29 is 9.59 Å². The number of primary amides is 1. The molecule has 0 aromatic rings. The van der Waals surface area contributed by atoms with E-state index in [1.807, 2.05) is 0 Å². The van der Waals surface area contributed by atoms with Gasteiger partial charge in [0.1, 0.15) is 0 Å². The van der Waals surface area contributed by atoms with Crippen molar-refractivity contribution in [2.24, 2.45) is 23.4 Å². The third-order valence-electron chi connectivity index (χ3n) is 3.63. The Morgan fingerprint density at radius 2 is 1.94 bits per heavy atom. The monoisotopic (exact) mass is 226 g/mol. The summed E-state index contributed by atoms with van der Waals surface area (Å²) in [5.74, 6) is 5.04. The second kappa shape index (κ2) is 4.39. The minimum atomic E-state index is -0.301. The molecule has 1 atom stereocenters. The van der Waals surface area contributed by atoms with Crippen LogP contribution >= 0.6 is 0 Å². The maximum atomic E-state index is 12.0. The molecular weight excluding hydrogens is 208 g/mol. The van der Waals surface area contributed by atoms with Crippen molar-refractivity contribution in [2.45, 2.75) is 25.3 Å². The Morgan fingerprint density at radius 3 is 2.44 bits per heavy atom. The van der Waals surface area contributed by atoms with Gasteiger partial charge in [-0.2, -0.15) is 0 Å². The highest BCUT2D eigenvalue weighted by molar-refractivity contribution is 5.83. The number of nitrogens with two attached hydrogens (primary N) is 2. The van der Waals surface area contributed by atoms with E-state index in [4.69, 9.17) is 11.6 Å². The molecule has 0 radical (unpaired) electrons. The van der Waals surface area contributed by atoms with Crippen molar-refractivity contribution in [2.75, 3.05) is 13.1 Å². The maximum absolute atomic E-state index is 12.0. The number of carbonyl (C=O) groups is 2. The number of nitrogens with zero attached hydrogens (tertiary/aromatic N) is 1. The molecule has 1 saturated carbocycles. The summed E-state index contributed by atoms with van der Waals surface area (Å²) in [6.07, 6.45) is 2.30. The van der Waals surface area contributed by atoms with Crippen LogP contribution in [0, 0.1) is 11.8 Å². The van der Waals surface area contributed by atoms with Crippen molar-refractivity contribution in [1.29, 1.82) is 0 Å². The molecule has 6 nitrogen and oxygen atoms in total. The summed E-state index contributed by atoms with van der Waals surface area (Å²) in [6, 6.07) is 0.267. The topological polar surface area (TPSA) is 101 Å². The van der Waals surface area contributed by atoms with Crippen LogP contribution in [-0.4, -0.2) is 35.8 Å². The van der Waals surface area contributed by atoms with Crippen molar-refractivity contribution in [3.8, 4) is 0 Å². The van der Waals surface area contributed by atoms with Crippen LogP contribution in [0.4, 0.5) is 0 Å². The van der Waals surface area contributed by atoms with Gasteiger partial charge >= 0.3 is 0 Å². The molecule has 1 aliphatic heterocycles. The van der Waals surface area contributed by atoms with Crippen molar-refractivity contribution in [3.05, 3.63) is 0 Å². The van der Waals surface area contributed by atoms with Gasteiger partial charge < -0.3 is 10.6 Å². The predicted octanol–water partition coefficient (Wildman–Crippen LogP) is -1.44. The number of rotatable bonds is 3. The predicted molar refractivity (Wildman–Crippen MR) is 57.7 cm³/mol. The van der Waals surface area contributed by atoms with Gasteiger partial charge in [-0.25, -0.2) is 0 Å². The first kappa shape index (κ1) is 11.3. The first-order valence-corrected chi connectivity index (χ1v) is 5.66. The smallest absolute Gasteiger partial charge is 0.225 e. The Balaban J connectivity index is 1.81. The van der Waals surface area contributed by atoms with Crippen LogP contribution in [0.2, 0.25) is 0 Å². The van der Waals surface area contributed by atoms with Gasteiger partial charge in [0.25, 0.3) is 0 Å². The molecule has 1 saturated heterocycles. The normalized spacial score (nSPS) is 33.6. The van der Waals surface area contributed by atoms with Gasteiger partial charge in [-0.3, -0.25) is 20.9 Å². The summed E-state index contributed by atoms with van der Waals surface area (Å²) in [6.45, 7) is 1.15. The molecule has 16 heavy (non-hydrogen) atoms. The Morgan fingerprint density at radius 1 is 1.25 bits per heavy atom. The van der Waals surface area contributed by atoms with E-state index in [0.717, 1.165) is 12.8 Å². The van der Waals surface area contributed by atoms with E-state index in [1.54, 1.807) is 4.90 Å². The van der Waals surface area contributed by atoms with Crippen LogP contribution in [0.15, 0.2) is 0 Å². The third kappa shape index (κ3) is 2.03. The zero-order valence-electron chi connectivity index (χ0n) is 9.19. The Bertz CT molecular complexity index is 301. The average molecular weight is 226 g/mol. The second-order valence-electron chi connectivity index (χ2n) is 4.70. The molecule has 2 rings (SSSR count). The molecule has 0 aromatic heterocycles. The van der Waals surface area contributed by atoms with Crippen LogP contribution < -0.4 is 17.0 Å². The molecule has 1 heterocycles. The van der Waals surface area contributed by atoms with Crippen molar-refractivity contribution >= 4 is 11.8 Å². The molecule has 90 valence electrons. The van der Waals surface area contributed by atoms with Gasteiger partial charge in [0.2, 0.25) is 11.8 Å². The molecule has 2 fully saturated rings. The van der Waals surface area contributed by atoms with Crippen LogP contribution in [0.25, 0.3) is 0 Å². The third-order valence-corrected chi connectivity index (χ3v) is 3.63. The fourth-order valence-corrected chi connectivity index (χ4v) is 2.41. The van der Waals surface area contributed by atoms with E-state index >= 15 is 0 Å². The summed E-state index contributed by atoms with van der Waals surface area (Å²) in [5, 5.41) is 0. The highest BCUT2D eigenvalue weighted by atomic mass is 16.2. The first-order chi connectivity index (χ1) is 7.61. The fraction of sp³-hybridized carbons (Fsp3) is 0.800. The van der Waals surface area contributed by atoms with E-state index in [2.05, 4.69) is 5.43 Å². The standard InChI is InChI=1S/C10H18N4O2/c11-9(15)6-1-2-14(5-6)10(16)7-3-8(4-7)13-12/h6-8,13H,1-5,12H2,(H2,11,15). The van der Waals surface area contributed by atoms with Gasteiger partial charge in [-0.1, -0.05) is 0 Å². The fourth-order valence-electron chi connectivity index (χ4n) is 2.41. The lowest BCUT2D eigenvalue weighted by Crippen LogP contribution is -2.50. The lowest BCUT2D eigenvalue weighted by molar-refractivity contribution is -0.138. The summed E-state index contributed by atoms with van der Waals surface area (Å²) < 4.78 is 0. The molecule has 1 aliphatic carbocycles. The lowest BCUT2D eigenvalue weighted by Gasteiger charge is -2.35. The minimum Gasteiger partial charge on any atom is -0.369 e. The van der Waals surface area contributed by atoms with Gasteiger partial charge in [0, 0.05) is 25.0 Å². The molecule has 2 amide bonds. The number of nitrogens with one attached hydrogen (secondary N) is 1. The number of likely N-dealkylation sites (tertiary alicyclic amines) is 1. The van der Waals surface area contributed by atoms with Crippen LogP contribution in [0.3, 0.4) is 0 Å². The van der Waals surface area contributed by atoms with Gasteiger partial charge in [0.05, 0.1) is 5.92 Å². The van der Waals surface area contributed by atoms with E-state index < -0.39 is 0 Å². The molecule has 2 aliphatic rings. The molecule has 5 N–H and O–H groups in total. The highest BCUT2D eigenvalue weighted by Gasteiger charge is 2.39. The molecule has 0 bridgehead atoms. The van der Waals surface area contributed by atoms with Gasteiger partial charge in [-0.15, -0.1) is 0 Å². The average Bonchev–Trinajstić information content (AvgIpc) is 2.64. The largest absolute Gasteiger partial charge is 0.369 e. The van der Waals surface area contributed by atoms with Crippen molar-refractivity contribution in [3.63, 3.8) is 0 Å². The van der Waals surface area contributed by atoms with E-state index in [9.17, 15) is 9.59 Å². The second-order valence-corrected chi connectivity index (χ2v) is 4.70. The number of amides is 2. The summed E-state index contributed by atoms with van der Waals surface area (Å²) in [4.78, 5) is 24.7. The number of hydrogen-bond donors (Lipinski definition) is 3. The highest BCUT2D eigenvalue weighted by Crippen LogP contribution is 2.30. The van der Waals surface area contributed by atoms with Crippen LogP contribution in [0.5, 0.6) is 0 Å². The zero-order valence-corrected chi connectivity index (χ0v) is 9.19. The van der Waals surface area contributed by atoms with Crippen LogP contribution in [0.1, 0.15) is 19.3 Å². The molecule has 6 heteroatoms. The molecular formula is C10H18N4O2. The molecule has 1 unspecified atom stereocenters. The first-order valence-electron chi connectivity index (χ1n) is 5.66. The number of hydrogen-bond acceptors (Lipinski definition) is 4. The molecule has 0 spiro atoms. The zero-order chi connectivity index (χ0) is 11.7. The number of carbonyl (C=O) groups excluding carboxylic acids is 2. The number of hydrazine groups is 1. The summed E-state index contributed by atoms with van der Waals surface area (Å²) in [5.41, 5.74) is 7.88. The Hall–Kier alpha value is -1.14. The minimum absolute atomic E-state index is 0.0766.